The van der Waals surface area contributed by atoms with Crippen molar-refractivity contribution in [2.24, 2.45) is 0 Å². The van der Waals surface area contributed by atoms with Gasteiger partial charge in [-0.1, -0.05) is 0 Å². The van der Waals surface area contributed by atoms with Crippen molar-refractivity contribution in [3.63, 3.8) is 0 Å². The lowest BCUT2D eigenvalue weighted by molar-refractivity contribution is 0.0328. The van der Waals surface area contributed by atoms with E-state index in [4.69, 9.17) is 14.2 Å². The van der Waals surface area contributed by atoms with Crippen molar-refractivity contribution in [2.75, 3.05) is 33.1 Å². The van der Waals surface area contributed by atoms with E-state index in [9.17, 15) is 4.79 Å². The quantitative estimate of drug-likeness (QED) is 0.867. The maximum atomic E-state index is 12.1. The number of morpholine rings is 1. The average molecular weight is 304 g/mol. The van der Waals surface area contributed by atoms with Crippen LogP contribution in [0.1, 0.15) is 5.82 Å². The fraction of sp³-hybridized carbons (Fsp3) is 0.429. The van der Waals surface area contributed by atoms with Crippen molar-refractivity contribution in [2.45, 2.75) is 6.54 Å². The number of fused-ring (bicyclic) bond motifs is 1. The Bertz CT molecular complexity index is 733. The third-order valence-electron chi connectivity index (χ3n) is 3.82. The highest BCUT2D eigenvalue weighted by Gasteiger charge is 2.19. The summed E-state index contributed by atoms with van der Waals surface area (Å²) in [4.78, 5) is 14.3. The summed E-state index contributed by atoms with van der Waals surface area (Å²) in [7, 11) is 0. The van der Waals surface area contributed by atoms with Crippen molar-refractivity contribution in [3.8, 4) is 17.2 Å². The van der Waals surface area contributed by atoms with Crippen LogP contribution >= 0.6 is 0 Å². The molecule has 0 amide bonds. The van der Waals surface area contributed by atoms with Crippen LogP contribution in [0.25, 0.3) is 5.69 Å². The first kappa shape index (κ1) is 13.4. The van der Waals surface area contributed by atoms with Crippen molar-refractivity contribution in [1.29, 1.82) is 0 Å². The standard InChI is InChI=1S/C14H16N4O4/c19-14-16-15-13(8-17-3-5-20-6-4-17)18(14)10-1-2-11-12(7-10)22-9-21-11/h1-2,7H,3-6,8-9H2,(H,16,19). The van der Waals surface area contributed by atoms with Crippen LogP contribution in [0.2, 0.25) is 0 Å². The Balaban J connectivity index is 1.66. The van der Waals surface area contributed by atoms with Gasteiger partial charge >= 0.3 is 5.69 Å². The molecule has 2 aliphatic rings. The van der Waals surface area contributed by atoms with Gasteiger partial charge in [0.1, 0.15) is 0 Å². The number of ether oxygens (including phenoxy) is 3. The van der Waals surface area contributed by atoms with Crippen molar-refractivity contribution >= 4 is 0 Å². The number of aromatic amines is 1. The van der Waals surface area contributed by atoms with Crippen LogP contribution in [0.5, 0.6) is 11.5 Å². The van der Waals surface area contributed by atoms with Gasteiger partial charge in [0.15, 0.2) is 17.3 Å². The lowest BCUT2D eigenvalue weighted by atomic mass is 10.2. The van der Waals surface area contributed by atoms with E-state index in [0.29, 0.717) is 42.8 Å². The van der Waals surface area contributed by atoms with Gasteiger partial charge in [-0.15, -0.1) is 0 Å². The SMILES string of the molecule is O=c1[nH]nc(CN2CCOCC2)n1-c1ccc2c(c1)OCO2. The van der Waals surface area contributed by atoms with Crippen LogP contribution in [0, 0.1) is 0 Å². The second kappa shape index (κ2) is 5.47. The van der Waals surface area contributed by atoms with Gasteiger partial charge in [0.2, 0.25) is 6.79 Å². The van der Waals surface area contributed by atoms with Gasteiger partial charge in [-0.25, -0.2) is 14.5 Å². The molecule has 3 heterocycles. The van der Waals surface area contributed by atoms with Crippen LogP contribution in [0.3, 0.4) is 0 Å². The normalized spacial score (nSPS) is 17.8. The molecule has 1 fully saturated rings. The number of benzene rings is 1. The molecule has 8 heteroatoms. The first-order valence-corrected chi connectivity index (χ1v) is 7.18. The molecule has 1 aromatic heterocycles. The molecule has 116 valence electrons. The number of nitrogens with one attached hydrogen (secondary N) is 1. The molecule has 22 heavy (non-hydrogen) atoms. The highest BCUT2D eigenvalue weighted by atomic mass is 16.7. The molecule has 4 rings (SSSR count). The summed E-state index contributed by atoms with van der Waals surface area (Å²) in [6.45, 7) is 3.89. The highest BCUT2D eigenvalue weighted by molar-refractivity contribution is 5.50. The average Bonchev–Trinajstić information content (AvgIpc) is 3.14. The van der Waals surface area contributed by atoms with Gasteiger partial charge in [0, 0.05) is 19.2 Å². The molecule has 1 aromatic carbocycles. The van der Waals surface area contributed by atoms with Gasteiger partial charge in [-0.05, 0) is 12.1 Å². The minimum Gasteiger partial charge on any atom is -0.454 e. The molecule has 1 N–H and O–H groups in total. The Kier molecular flexibility index (Phi) is 3.32. The summed E-state index contributed by atoms with van der Waals surface area (Å²) in [5.41, 5.74) is 0.452. The second-order valence-corrected chi connectivity index (χ2v) is 5.21. The minimum atomic E-state index is -0.262. The predicted molar refractivity (Wildman–Crippen MR) is 76.4 cm³/mol. The van der Waals surface area contributed by atoms with E-state index in [1.54, 1.807) is 16.7 Å². The van der Waals surface area contributed by atoms with E-state index in [-0.39, 0.29) is 12.5 Å². The molecule has 2 aromatic rings. The Labute approximate surface area is 126 Å². The van der Waals surface area contributed by atoms with Crippen LogP contribution in [-0.4, -0.2) is 52.8 Å². The number of nitrogens with zero attached hydrogens (tertiary/aromatic N) is 3. The fourth-order valence-electron chi connectivity index (χ4n) is 2.69. The summed E-state index contributed by atoms with van der Waals surface area (Å²) in [6, 6.07) is 5.42. The number of aromatic nitrogens is 3. The van der Waals surface area contributed by atoms with Crippen molar-refractivity contribution in [1.82, 2.24) is 19.7 Å². The summed E-state index contributed by atoms with van der Waals surface area (Å²) in [5.74, 6) is 2.00. The van der Waals surface area contributed by atoms with Crippen LogP contribution in [0.4, 0.5) is 0 Å². The summed E-state index contributed by atoms with van der Waals surface area (Å²) >= 11 is 0. The highest BCUT2D eigenvalue weighted by Crippen LogP contribution is 2.33. The fourth-order valence-corrected chi connectivity index (χ4v) is 2.69. The molecule has 0 unspecified atom stereocenters. The Hall–Kier alpha value is -2.32. The lowest BCUT2D eigenvalue weighted by Crippen LogP contribution is -2.36. The first-order valence-electron chi connectivity index (χ1n) is 7.18. The minimum absolute atomic E-state index is 0.208. The summed E-state index contributed by atoms with van der Waals surface area (Å²) in [6.07, 6.45) is 0. The van der Waals surface area contributed by atoms with Crippen molar-refractivity contribution < 1.29 is 14.2 Å². The molecular weight excluding hydrogens is 288 g/mol. The topological polar surface area (TPSA) is 81.6 Å². The van der Waals surface area contributed by atoms with E-state index in [2.05, 4.69) is 15.1 Å². The number of hydrogen-bond acceptors (Lipinski definition) is 6. The van der Waals surface area contributed by atoms with E-state index < -0.39 is 0 Å². The van der Waals surface area contributed by atoms with Crippen molar-refractivity contribution in [3.05, 3.63) is 34.5 Å². The number of rotatable bonds is 3. The Morgan fingerprint density at radius 3 is 2.86 bits per heavy atom. The van der Waals surface area contributed by atoms with E-state index >= 15 is 0 Å². The van der Waals surface area contributed by atoms with E-state index in [1.807, 2.05) is 6.07 Å². The molecule has 1 saturated heterocycles. The molecule has 0 spiro atoms. The molecule has 8 nitrogen and oxygen atoms in total. The lowest BCUT2D eigenvalue weighted by Gasteiger charge is -2.25. The monoisotopic (exact) mass is 304 g/mol. The van der Waals surface area contributed by atoms with Gasteiger partial charge < -0.3 is 14.2 Å². The number of hydrogen-bond donors (Lipinski definition) is 1. The first-order chi connectivity index (χ1) is 10.8. The molecule has 0 bridgehead atoms. The maximum Gasteiger partial charge on any atom is 0.347 e. The van der Waals surface area contributed by atoms with E-state index in [1.165, 1.54) is 0 Å². The van der Waals surface area contributed by atoms with Gasteiger partial charge in [-0.2, -0.15) is 5.10 Å². The van der Waals surface area contributed by atoms with Crippen LogP contribution in [0.15, 0.2) is 23.0 Å². The summed E-state index contributed by atoms with van der Waals surface area (Å²) in [5, 5.41) is 6.67. The Morgan fingerprint density at radius 1 is 1.18 bits per heavy atom. The summed E-state index contributed by atoms with van der Waals surface area (Å²) < 4.78 is 17.6. The largest absolute Gasteiger partial charge is 0.454 e. The molecule has 2 aliphatic heterocycles. The zero-order valence-corrected chi connectivity index (χ0v) is 11.9. The van der Waals surface area contributed by atoms with Crippen LogP contribution in [-0.2, 0) is 11.3 Å². The number of H-pyrrole nitrogens is 1. The zero-order valence-electron chi connectivity index (χ0n) is 11.9. The smallest absolute Gasteiger partial charge is 0.347 e. The second-order valence-electron chi connectivity index (χ2n) is 5.21. The van der Waals surface area contributed by atoms with Crippen LogP contribution < -0.4 is 15.2 Å². The predicted octanol–water partition coefficient (Wildman–Crippen LogP) is 0.121. The van der Waals surface area contributed by atoms with Gasteiger partial charge in [-0.3, -0.25) is 4.90 Å². The van der Waals surface area contributed by atoms with E-state index in [0.717, 1.165) is 13.1 Å². The third kappa shape index (κ3) is 2.36. The molecule has 0 atom stereocenters. The third-order valence-corrected chi connectivity index (χ3v) is 3.82. The van der Waals surface area contributed by atoms with Gasteiger partial charge in [0.05, 0.1) is 25.4 Å². The molecule has 0 saturated carbocycles. The molecule has 0 aliphatic carbocycles. The molecular formula is C14H16N4O4. The maximum absolute atomic E-state index is 12.1. The van der Waals surface area contributed by atoms with Gasteiger partial charge in [0.25, 0.3) is 0 Å². The molecule has 0 radical (unpaired) electrons. The zero-order chi connectivity index (χ0) is 14.9. The Morgan fingerprint density at radius 2 is 2.00 bits per heavy atom.